The third-order valence-electron chi connectivity index (χ3n) is 3.29. The van der Waals surface area contributed by atoms with E-state index < -0.39 is 15.7 Å². The van der Waals surface area contributed by atoms with Gasteiger partial charge in [-0.15, -0.1) is 11.3 Å². The summed E-state index contributed by atoms with van der Waals surface area (Å²) in [6.07, 6.45) is 1.19. The van der Waals surface area contributed by atoms with Gasteiger partial charge in [0.1, 0.15) is 17.0 Å². The Hall–Kier alpha value is -2.03. The number of amides is 1. The second-order valence-electron chi connectivity index (χ2n) is 4.93. The van der Waals surface area contributed by atoms with Crippen molar-refractivity contribution in [1.82, 2.24) is 9.97 Å². The van der Waals surface area contributed by atoms with Crippen molar-refractivity contribution in [1.29, 1.82) is 0 Å². The lowest BCUT2D eigenvalue weighted by Gasteiger charge is -2.06. The molecule has 6 nitrogen and oxygen atoms in total. The van der Waals surface area contributed by atoms with Gasteiger partial charge in [-0.2, -0.15) is 0 Å². The lowest BCUT2D eigenvalue weighted by Crippen LogP contribution is -2.18. The van der Waals surface area contributed by atoms with Crippen LogP contribution in [-0.4, -0.2) is 30.0 Å². The zero-order valence-corrected chi connectivity index (χ0v) is 14.7. The Kier molecular flexibility index (Phi) is 4.79. The van der Waals surface area contributed by atoms with E-state index in [4.69, 9.17) is 11.6 Å². The van der Waals surface area contributed by atoms with Gasteiger partial charge in [0.25, 0.3) is 0 Å². The second kappa shape index (κ2) is 6.84. The SMILES string of the molecule is O=C(CCS(=O)(=O)c1ccc(Cl)cc1)Nc1ncnc2sccc12. The van der Waals surface area contributed by atoms with Crippen LogP contribution >= 0.6 is 22.9 Å². The minimum atomic E-state index is -3.55. The first kappa shape index (κ1) is 16.8. The maximum Gasteiger partial charge on any atom is 0.226 e. The van der Waals surface area contributed by atoms with E-state index in [1.165, 1.54) is 41.9 Å². The highest BCUT2D eigenvalue weighted by Crippen LogP contribution is 2.24. The molecule has 0 radical (unpaired) electrons. The fourth-order valence-corrected chi connectivity index (χ4v) is 4.17. The van der Waals surface area contributed by atoms with Crippen LogP contribution in [0.1, 0.15) is 6.42 Å². The number of thiophene rings is 1. The zero-order valence-electron chi connectivity index (χ0n) is 12.3. The summed E-state index contributed by atoms with van der Waals surface area (Å²) in [5, 5.41) is 5.67. The molecule has 24 heavy (non-hydrogen) atoms. The Labute approximate surface area is 147 Å². The molecule has 0 aliphatic rings. The molecule has 0 aliphatic heterocycles. The van der Waals surface area contributed by atoms with E-state index in [9.17, 15) is 13.2 Å². The molecule has 0 aliphatic carbocycles. The Balaban J connectivity index is 1.67. The largest absolute Gasteiger partial charge is 0.310 e. The zero-order chi connectivity index (χ0) is 17.2. The van der Waals surface area contributed by atoms with Gasteiger partial charge in [0.05, 0.1) is 16.0 Å². The van der Waals surface area contributed by atoms with Crippen molar-refractivity contribution in [3.05, 3.63) is 47.1 Å². The van der Waals surface area contributed by atoms with Gasteiger partial charge in [-0.3, -0.25) is 4.79 Å². The highest BCUT2D eigenvalue weighted by atomic mass is 35.5. The van der Waals surface area contributed by atoms with Crippen molar-refractivity contribution in [2.75, 3.05) is 11.1 Å². The van der Waals surface area contributed by atoms with Crippen LogP contribution in [0.4, 0.5) is 5.82 Å². The number of sulfone groups is 1. The van der Waals surface area contributed by atoms with Crippen molar-refractivity contribution < 1.29 is 13.2 Å². The number of carbonyl (C=O) groups excluding carboxylic acids is 1. The van der Waals surface area contributed by atoms with Crippen molar-refractivity contribution in [3.63, 3.8) is 0 Å². The van der Waals surface area contributed by atoms with Crippen LogP contribution in [0.25, 0.3) is 10.2 Å². The number of aromatic nitrogens is 2. The van der Waals surface area contributed by atoms with Crippen LogP contribution in [0.5, 0.6) is 0 Å². The highest BCUT2D eigenvalue weighted by Gasteiger charge is 2.17. The molecule has 124 valence electrons. The average Bonchev–Trinajstić information content (AvgIpc) is 3.03. The Bertz CT molecular complexity index is 985. The van der Waals surface area contributed by atoms with E-state index in [0.717, 1.165) is 10.2 Å². The van der Waals surface area contributed by atoms with Gasteiger partial charge in [-0.05, 0) is 35.7 Å². The molecule has 0 fully saturated rings. The molecule has 3 aromatic rings. The average molecular weight is 382 g/mol. The maximum absolute atomic E-state index is 12.2. The summed E-state index contributed by atoms with van der Waals surface area (Å²) >= 11 is 7.18. The van der Waals surface area contributed by atoms with Crippen LogP contribution in [-0.2, 0) is 14.6 Å². The van der Waals surface area contributed by atoms with E-state index in [1.54, 1.807) is 6.07 Å². The number of benzene rings is 1. The summed E-state index contributed by atoms with van der Waals surface area (Å²) in [4.78, 5) is 21.1. The summed E-state index contributed by atoms with van der Waals surface area (Å²) in [5.74, 6) is -0.327. The summed E-state index contributed by atoms with van der Waals surface area (Å²) in [7, 11) is -3.55. The summed E-state index contributed by atoms with van der Waals surface area (Å²) in [5.41, 5.74) is 0. The van der Waals surface area contributed by atoms with E-state index in [2.05, 4.69) is 15.3 Å². The standard InChI is InChI=1S/C15H12ClN3O3S2/c16-10-1-3-11(4-2-10)24(21,22)8-6-13(20)19-14-12-5-7-23-15(12)18-9-17-14/h1-5,7,9H,6,8H2,(H,17,18,19,20). The van der Waals surface area contributed by atoms with Gasteiger partial charge in [-0.1, -0.05) is 11.6 Å². The Morgan fingerprint density at radius 3 is 2.67 bits per heavy atom. The predicted molar refractivity (Wildman–Crippen MR) is 94.2 cm³/mol. The van der Waals surface area contributed by atoms with Crippen molar-refractivity contribution in [2.45, 2.75) is 11.3 Å². The number of nitrogens with one attached hydrogen (secondary N) is 1. The molecular formula is C15H12ClN3O3S2. The van der Waals surface area contributed by atoms with Crippen molar-refractivity contribution in [3.8, 4) is 0 Å². The number of carbonyl (C=O) groups is 1. The lowest BCUT2D eigenvalue weighted by atomic mass is 10.3. The first-order valence-electron chi connectivity index (χ1n) is 6.92. The molecule has 0 bridgehead atoms. The molecule has 2 aromatic heterocycles. The van der Waals surface area contributed by atoms with Crippen LogP contribution < -0.4 is 5.32 Å². The van der Waals surface area contributed by atoms with Gasteiger partial charge >= 0.3 is 0 Å². The van der Waals surface area contributed by atoms with Gasteiger partial charge < -0.3 is 5.32 Å². The first-order chi connectivity index (χ1) is 11.5. The number of anilines is 1. The quantitative estimate of drug-likeness (QED) is 0.733. The molecule has 9 heteroatoms. The lowest BCUT2D eigenvalue weighted by molar-refractivity contribution is -0.115. The fraction of sp³-hybridized carbons (Fsp3) is 0.133. The monoisotopic (exact) mass is 381 g/mol. The molecule has 0 spiro atoms. The maximum atomic E-state index is 12.2. The van der Waals surface area contributed by atoms with Gasteiger partial charge in [0.15, 0.2) is 9.84 Å². The van der Waals surface area contributed by atoms with E-state index in [0.29, 0.717) is 10.8 Å². The number of hydrogen-bond donors (Lipinski definition) is 1. The molecule has 3 rings (SSSR count). The van der Waals surface area contributed by atoms with Crippen LogP contribution in [0.15, 0.2) is 46.9 Å². The number of fused-ring (bicyclic) bond motifs is 1. The fourth-order valence-electron chi connectivity index (χ4n) is 2.07. The number of hydrogen-bond acceptors (Lipinski definition) is 6. The minimum absolute atomic E-state index is 0.141. The molecule has 1 amide bonds. The molecule has 0 saturated carbocycles. The molecule has 2 heterocycles. The summed E-state index contributed by atoms with van der Waals surface area (Å²) in [6, 6.07) is 7.66. The number of halogens is 1. The minimum Gasteiger partial charge on any atom is -0.310 e. The predicted octanol–water partition coefficient (Wildman–Crippen LogP) is 3.15. The normalized spacial score (nSPS) is 11.5. The topological polar surface area (TPSA) is 89.0 Å². The van der Waals surface area contributed by atoms with Gasteiger partial charge in [0.2, 0.25) is 5.91 Å². The highest BCUT2D eigenvalue weighted by molar-refractivity contribution is 7.91. The molecular weight excluding hydrogens is 370 g/mol. The van der Waals surface area contributed by atoms with Gasteiger partial charge in [-0.25, -0.2) is 18.4 Å². The molecule has 1 aromatic carbocycles. The summed E-state index contributed by atoms with van der Waals surface area (Å²) in [6.45, 7) is 0. The van der Waals surface area contributed by atoms with Crippen LogP contribution in [0.3, 0.4) is 0 Å². The van der Waals surface area contributed by atoms with E-state index in [-0.39, 0.29) is 17.1 Å². The summed E-state index contributed by atoms with van der Waals surface area (Å²) < 4.78 is 24.4. The molecule has 0 saturated heterocycles. The van der Waals surface area contributed by atoms with Gasteiger partial charge in [0, 0.05) is 11.4 Å². The van der Waals surface area contributed by atoms with Crippen molar-refractivity contribution >= 4 is 54.7 Å². The molecule has 0 atom stereocenters. The first-order valence-corrected chi connectivity index (χ1v) is 9.83. The third kappa shape index (κ3) is 3.72. The second-order valence-corrected chi connectivity index (χ2v) is 8.37. The van der Waals surface area contributed by atoms with E-state index in [1.807, 2.05) is 5.38 Å². The molecule has 0 unspecified atom stereocenters. The Morgan fingerprint density at radius 1 is 1.17 bits per heavy atom. The number of rotatable bonds is 5. The van der Waals surface area contributed by atoms with Crippen LogP contribution in [0, 0.1) is 0 Å². The van der Waals surface area contributed by atoms with E-state index >= 15 is 0 Å². The molecule has 1 N–H and O–H groups in total. The third-order valence-corrected chi connectivity index (χ3v) is 6.09. The Morgan fingerprint density at radius 2 is 1.92 bits per heavy atom. The number of nitrogens with zero attached hydrogens (tertiary/aromatic N) is 2. The van der Waals surface area contributed by atoms with Crippen LogP contribution in [0.2, 0.25) is 5.02 Å². The smallest absolute Gasteiger partial charge is 0.226 e. The van der Waals surface area contributed by atoms with Crippen molar-refractivity contribution in [2.24, 2.45) is 0 Å².